The Bertz CT molecular complexity index is 403. The monoisotopic (exact) mass is 248 g/mol. The molecular weight excluding hydrogens is 228 g/mol. The van der Waals surface area contributed by atoms with Crippen molar-refractivity contribution >= 4 is 22.9 Å². The van der Waals surface area contributed by atoms with Crippen LogP contribution in [0.15, 0.2) is 24.3 Å². The minimum absolute atomic E-state index is 0.498. The van der Waals surface area contributed by atoms with Crippen molar-refractivity contribution in [1.29, 1.82) is 0 Å². The molecule has 0 spiro atoms. The summed E-state index contributed by atoms with van der Waals surface area (Å²) in [6, 6.07) is 8.21. The Hall–Kier alpha value is -1.09. The van der Waals surface area contributed by atoms with Crippen LogP contribution in [0.25, 0.3) is 0 Å². The fraction of sp³-hybridized carbons (Fsp3) is 0.500. The van der Waals surface area contributed by atoms with Crippen molar-refractivity contribution in [3.05, 3.63) is 29.8 Å². The molecule has 2 nitrogen and oxygen atoms in total. The number of hydrogen-bond acceptors (Lipinski definition) is 2. The topological polar surface area (TPSA) is 29.3 Å². The van der Waals surface area contributed by atoms with Crippen molar-refractivity contribution in [3.63, 3.8) is 0 Å². The Labute approximate surface area is 109 Å². The van der Waals surface area contributed by atoms with E-state index in [1.54, 1.807) is 0 Å². The summed E-state index contributed by atoms with van der Waals surface area (Å²) in [6.45, 7) is 4.56. The van der Waals surface area contributed by atoms with Gasteiger partial charge in [0.1, 0.15) is 4.99 Å². The number of anilines is 1. The first-order valence-corrected chi connectivity index (χ1v) is 6.73. The standard InChI is InChI=1S/C14H20N2S/c1-11-5-4-9-16(10-8-11)13-7-3-2-6-12(13)14(15)17/h2-3,6-7,11H,4-5,8-10H2,1H3,(H2,15,17). The Kier molecular flexibility index (Phi) is 4.00. The van der Waals surface area contributed by atoms with E-state index < -0.39 is 0 Å². The largest absolute Gasteiger partial charge is 0.389 e. The molecule has 0 aliphatic carbocycles. The van der Waals surface area contributed by atoms with Crippen LogP contribution in [0.2, 0.25) is 0 Å². The molecule has 1 atom stereocenters. The zero-order valence-corrected chi connectivity index (χ0v) is 11.2. The molecule has 0 bridgehead atoms. The molecule has 2 rings (SSSR count). The van der Waals surface area contributed by atoms with Crippen molar-refractivity contribution in [2.24, 2.45) is 11.7 Å². The van der Waals surface area contributed by atoms with Crippen molar-refractivity contribution in [2.75, 3.05) is 18.0 Å². The fourth-order valence-electron chi connectivity index (χ4n) is 2.46. The molecule has 1 aliphatic heterocycles. The highest BCUT2D eigenvalue weighted by Crippen LogP contribution is 2.25. The van der Waals surface area contributed by atoms with Gasteiger partial charge < -0.3 is 10.6 Å². The van der Waals surface area contributed by atoms with Gasteiger partial charge in [-0.2, -0.15) is 0 Å². The summed E-state index contributed by atoms with van der Waals surface area (Å²) in [5.74, 6) is 0.831. The first kappa shape index (κ1) is 12.4. The van der Waals surface area contributed by atoms with Gasteiger partial charge in [0.05, 0.1) is 0 Å². The molecule has 1 aromatic carbocycles. The van der Waals surface area contributed by atoms with Gasteiger partial charge in [-0.15, -0.1) is 0 Å². The van der Waals surface area contributed by atoms with Crippen LogP contribution in [0, 0.1) is 5.92 Å². The molecule has 0 saturated carbocycles. The van der Waals surface area contributed by atoms with Gasteiger partial charge in [0.2, 0.25) is 0 Å². The maximum absolute atomic E-state index is 5.79. The maximum Gasteiger partial charge on any atom is 0.106 e. The average Bonchev–Trinajstić information content (AvgIpc) is 2.54. The predicted molar refractivity (Wildman–Crippen MR) is 77.6 cm³/mol. The zero-order chi connectivity index (χ0) is 12.3. The minimum atomic E-state index is 0.498. The van der Waals surface area contributed by atoms with Gasteiger partial charge in [-0.3, -0.25) is 0 Å². The lowest BCUT2D eigenvalue weighted by Gasteiger charge is -2.25. The van der Waals surface area contributed by atoms with Gasteiger partial charge >= 0.3 is 0 Å². The number of thiocarbonyl (C=S) groups is 1. The zero-order valence-electron chi connectivity index (χ0n) is 10.4. The number of hydrogen-bond donors (Lipinski definition) is 1. The summed E-state index contributed by atoms with van der Waals surface area (Å²) in [5, 5.41) is 0. The van der Waals surface area contributed by atoms with Gasteiger partial charge in [-0.1, -0.05) is 31.3 Å². The van der Waals surface area contributed by atoms with Crippen molar-refractivity contribution in [1.82, 2.24) is 0 Å². The molecule has 92 valence electrons. The summed E-state index contributed by atoms with van der Waals surface area (Å²) in [6.07, 6.45) is 3.84. The number of nitrogens with zero attached hydrogens (tertiary/aromatic N) is 1. The third-order valence-electron chi connectivity index (χ3n) is 3.53. The molecule has 1 fully saturated rings. The van der Waals surface area contributed by atoms with E-state index in [4.69, 9.17) is 18.0 Å². The van der Waals surface area contributed by atoms with Gasteiger partial charge in [0, 0.05) is 24.3 Å². The highest BCUT2D eigenvalue weighted by atomic mass is 32.1. The second-order valence-electron chi connectivity index (χ2n) is 4.90. The van der Waals surface area contributed by atoms with E-state index in [-0.39, 0.29) is 0 Å². The molecule has 0 radical (unpaired) electrons. The fourth-order valence-corrected chi connectivity index (χ4v) is 2.63. The number of benzene rings is 1. The Morgan fingerprint density at radius 1 is 1.29 bits per heavy atom. The molecular formula is C14H20N2S. The lowest BCUT2D eigenvalue weighted by Crippen LogP contribution is -2.27. The van der Waals surface area contributed by atoms with Crippen LogP contribution in [-0.2, 0) is 0 Å². The van der Waals surface area contributed by atoms with E-state index in [1.807, 2.05) is 12.1 Å². The van der Waals surface area contributed by atoms with Crippen molar-refractivity contribution in [3.8, 4) is 0 Å². The molecule has 1 heterocycles. The lowest BCUT2D eigenvalue weighted by atomic mass is 10.0. The van der Waals surface area contributed by atoms with Crippen molar-refractivity contribution < 1.29 is 0 Å². The van der Waals surface area contributed by atoms with E-state index in [0.717, 1.165) is 24.6 Å². The van der Waals surface area contributed by atoms with Crippen LogP contribution >= 0.6 is 12.2 Å². The SMILES string of the molecule is CC1CCCN(c2ccccc2C(N)=S)CC1. The second-order valence-corrected chi connectivity index (χ2v) is 5.34. The Morgan fingerprint density at radius 2 is 2.06 bits per heavy atom. The van der Waals surface area contributed by atoms with Gasteiger partial charge in [0.15, 0.2) is 0 Å². The molecule has 1 unspecified atom stereocenters. The van der Waals surface area contributed by atoms with Gasteiger partial charge in [-0.25, -0.2) is 0 Å². The molecule has 0 aromatic heterocycles. The first-order valence-electron chi connectivity index (χ1n) is 6.32. The Morgan fingerprint density at radius 3 is 2.82 bits per heavy atom. The second kappa shape index (κ2) is 5.50. The molecule has 3 heteroatoms. The minimum Gasteiger partial charge on any atom is -0.389 e. The van der Waals surface area contributed by atoms with Gasteiger partial charge in [0.25, 0.3) is 0 Å². The summed E-state index contributed by atoms with van der Waals surface area (Å²) in [5.41, 5.74) is 8.01. The maximum atomic E-state index is 5.79. The lowest BCUT2D eigenvalue weighted by molar-refractivity contribution is 0.521. The molecule has 1 saturated heterocycles. The Balaban J connectivity index is 2.24. The van der Waals surface area contributed by atoms with E-state index in [9.17, 15) is 0 Å². The summed E-state index contributed by atoms with van der Waals surface area (Å²) < 4.78 is 0. The smallest absolute Gasteiger partial charge is 0.106 e. The number of rotatable bonds is 2. The van der Waals surface area contributed by atoms with E-state index in [0.29, 0.717) is 4.99 Å². The van der Waals surface area contributed by atoms with Crippen LogP contribution in [0.3, 0.4) is 0 Å². The van der Waals surface area contributed by atoms with Crippen LogP contribution in [0.4, 0.5) is 5.69 Å². The number of para-hydroxylation sites is 1. The van der Waals surface area contributed by atoms with Crippen LogP contribution < -0.4 is 10.6 Å². The number of nitrogens with two attached hydrogens (primary N) is 1. The normalized spacial score (nSPS) is 21.0. The third kappa shape index (κ3) is 2.97. The van der Waals surface area contributed by atoms with Crippen LogP contribution in [0.1, 0.15) is 31.7 Å². The molecule has 1 aliphatic rings. The summed E-state index contributed by atoms with van der Waals surface area (Å²) in [7, 11) is 0. The van der Waals surface area contributed by atoms with E-state index in [1.165, 1.54) is 24.9 Å². The quantitative estimate of drug-likeness (QED) is 0.816. The highest BCUT2D eigenvalue weighted by molar-refractivity contribution is 7.80. The van der Waals surface area contributed by atoms with Crippen molar-refractivity contribution in [2.45, 2.75) is 26.2 Å². The predicted octanol–water partition coefficient (Wildman–Crippen LogP) is 2.95. The molecule has 17 heavy (non-hydrogen) atoms. The molecule has 0 amide bonds. The third-order valence-corrected chi connectivity index (χ3v) is 3.75. The molecule has 1 aromatic rings. The van der Waals surface area contributed by atoms with E-state index >= 15 is 0 Å². The highest BCUT2D eigenvalue weighted by Gasteiger charge is 2.16. The first-order chi connectivity index (χ1) is 8.18. The summed E-state index contributed by atoms with van der Waals surface area (Å²) >= 11 is 5.13. The van der Waals surface area contributed by atoms with Crippen LogP contribution in [0.5, 0.6) is 0 Å². The summed E-state index contributed by atoms with van der Waals surface area (Å²) in [4.78, 5) is 2.93. The van der Waals surface area contributed by atoms with E-state index in [2.05, 4.69) is 24.0 Å². The van der Waals surface area contributed by atoms with Gasteiger partial charge in [-0.05, 0) is 37.3 Å². The average molecular weight is 248 g/mol. The van der Waals surface area contributed by atoms with Crippen LogP contribution in [-0.4, -0.2) is 18.1 Å². The molecule has 2 N–H and O–H groups in total.